The number of carbonyl (C=O) groups is 1. The zero-order valence-corrected chi connectivity index (χ0v) is 9.52. The fourth-order valence-corrected chi connectivity index (χ4v) is 2.13. The van der Waals surface area contributed by atoms with Crippen LogP contribution in [0.3, 0.4) is 0 Å². The molecule has 3 aromatic rings. The van der Waals surface area contributed by atoms with Gasteiger partial charge in [0.25, 0.3) is 0 Å². The van der Waals surface area contributed by atoms with E-state index in [1.54, 1.807) is 18.5 Å². The molecule has 0 aliphatic heterocycles. The molecular weight excluding hydrogens is 234 g/mol. The maximum absolute atomic E-state index is 12.2. The van der Waals surface area contributed by atoms with Crippen molar-refractivity contribution < 1.29 is 4.79 Å². The second kappa shape index (κ2) is 4.03. The number of ketones is 1. The first-order valence-corrected chi connectivity index (χ1v) is 5.74. The van der Waals surface area contributed by atoms with Crippen LogP contribution in [-0.4, -0.2) is 19.5 Å². The topological polar surface area (TPSA) is 55.7 Å². The van der Waals surface area contributed by atoms with E-state index >= 15 is 0 Å². The van der Waals surface area contributed by atoms with Crippen LogP contribution >= 0.6 is 11.7 Å². The van der Waals surface area contributed by atoms with Crippen molar-refractivity contribution in [2.24, 2.45) is 0 Å². The van der Waals surface area contributed by atoms with Crippen molar-refractivity contribution in [2.75, 3.05) is 0 Å². The molecule has 0 atom stereocenters. The average molecular weight is 241 g/mol. The standard InChI is InChI=1S/C12H7N3OS/c16-12(11-7-14-17-15-11)9-3-1-2-8-4-5-13-6-10(8)9/h1-7H. The summed E-state index contributed by atoms with van der Waals surface area (Å²) in [5.74, 6) is -0.114. The molecule has 2 aromatic heterocycles. The lowest BCUT2D eigenvalue weighted by molar-refractivity contribution is 0.103. The van der Waals surface area contributed by atoms with Gasteiger partial charge >= 0.3 is 0 Å². The number of fused-ring (bicyclic) bond motifs is 1. The lowest BCUT2D eigenvalue weighted by atomic mass is 10.0. The summed E-state index contributed by atoms with van der Waals surface area (Å²) in [5, 5.41) is 1.84. The van der Waals surface area contributed by atoms with Crippen molar-refractivity contribution in [1.82, 2.24) is 13.7 Å². The van der Waals surface area contributed by atoms with Gasteiger partial charge in [0.05, 0.1) is 17.9 Å². The Hall–Kier alpha value is -2.14. The summed E-state index contributed by atoms with van der Waals surface area (Å²) < 4.78 is 7.80. The van der Waals surface area contributed by atoms with E-state index in [-0.39, 0.29) is 5.78 Å². The van der Waals surface area contributed by atoms with E-state index < -0.39 is 0 Å². The highest BCUT2D eigenvalue weighted by Gasteiger charge is 2.14. The van der Waals surface area contributed by atoms with Crippen molar-refractivity contribution in [2.45, 2.75) is 0 Å². The van der Waals surface area contributed by atoms with E-state index in [1.165, 1.54) is 6.20 Å². The predicted octanol–water partition coefficient (Wildman–Crippen LogP) is 2.32. The van der Waals surface area contributed by atoms with Gasteiger partial charge in [0.2, 0.25) is 5.78 Å². The van der Waals surface area contributed by atoms with Gasteiger partial charge in [-0.15, -0.1) is 0 Å². The molecule has 0 radical (unpaired) electrons. The van der Waals surface area contributed by atoms with E-state index in [1.807, 2.05) is 18.2 Å². The van der Waals surface area contributed by atoms with Gasteiger partial charge in [-0.05, 0) is 11.5 Å². The molecule has 0 unspecified atom stereocenters. The quantitative estimate of drug-likeness (QED) is 0.646. The summed E-state index contributed by atoms with van der Waals surface area (Å²) in [6, 6.07) is 7.47. The van der Waals surface area contributed by atoms with E-state index in [0.717, 1.165) is 22.5 Å². The second-order valence-electron chi connectivity index (χ2n) is 3.52. The molecule has 0 saturated carbocycles. The number of pyridine rings is 1. The van der Waals surface area contributed by atoms with Crippen LogP contribution in [0.25, 0.3) is 10.8 Å². The van der Waals surface area contributed by atoms with Gasteiger partial charge in [0.15, 0.2) is 0 Å². The van der Waals surface area contributed by atoms with Crippen molar-refractivity contribution >= 4 is 28.3 Å². The lowest BCUT2D eigenvalue weighted by Crippen LogP contribution is -2.02. The Labute approximate surface area is 101 Å². The fourth-order valence-electron chi connectivity index (χ4n) is 1.71. The van der Waals surface area contributed by atoms with Gasteiger partial charge in [-0.1, -0.05) is 18.2 Å². The number of hydrogen-bond acceptors (Lipinski definition) is 5. The highest BCUT2D eigenvalue weighted by molar-refractivity contribution is 6.99. The normalized spacial score (nSPS) is 10.6. The van der Waals surface area contributed by atoms with E-state index in [9.17, 15) is 4.79 Å². The molecule has 3 rings (SSSR count). The third-order valence-corrected chi connectivity index (χ3v) is 3.00. The zero-order valence-electron chi connectivity index (χ0n) is 8.70. The van der Waals surface area contributed by atoms with Crippen LogP contribution in [-0.2, 0) is 0 Å². The third kappa shape index (κ3) is 1.70. The second-order valence-corrected chi connectivity index (χ2v) is 4.08. The van der Waals surface area contributed by atoms with Crippen molar-refractivity contribution in [3.63, 3.8) is 0 Å². The number of rotatable bonds is 2. The van der Waals surface area contributed by atoms with Crippen LogP contribution in [0.1, 0.15) is 16.1 Å². The lowest BCUT2D eigenvalue weighted by Gasteiger charge is -2.02. The van der Waals surface area contributed by atoms with Crippen molar-refractivity contribution in [1.29, 1.82) is 0 Å². The summed E-state index contributed by atoms with van der Waals surface area (Å²) in [6.07, 6.45) is 4.89. The SMILES string of the molecule is O=C(c1cnsn1)c1cccc2ccncc12. The van der Waals surface area contributed by atoms with Gasteiger partial charge in [0.1, 0.15) is 5.69 Å². The first kappa shape index (κ1) is 10.0. The Kier molecular flexibility index (Phi) is 2.38. The summed E-state index contributed by atoms with van der Waals surface area (Å²) in [4.78, 5) is 16.2. The van der Waals surface area contributed by atoms with Crippen LogP contribution in [0.2, 0.25) is 0 Å². The molecule has 0 aliphatic rings. The smallest absolute Gasteiger partial charge is 0.214 e. The largest absolute Gasteiger partial charge is 0.287 e. The van der Waals surface area contributed by atoms with E-state index in [2.05, 4.69) is 13.7 Å². The van der Waals surface area contributed by atoms with Crippen molar-refractivity contribution in [3.05, 3.63) is 54.1 Å². The maximum atomic E-state index is 12.2. The molecule has 2 heterocycles. The minimum Gasteiger partial charge on any atom is -0.287 e. The monoisotopic (exact) mass is 241 g/mol. The molecule has 0 aliphatic carbocycles. The minimum atomic E-state index is -0.114. The van der Waals surface area contributed by atoms with Gasteiger partial charge in [-0.2, -0.15) is 8.75 Å². The number of hydrogen-bond donors (Lipinski definition) is 0. The molecule has 1 aromatic carbocycles. The molecular formula is C12H7N3OS. The number of nitrogens with zero attached hydrogens (tertiary/aromatic N) is 3. The molecule has 0 N–H and O–H groups in total. The highest BCUT2D eigenvalue weighted by Crippen LogP contribution is 2.19. The van der Waals surface area contributed by atoms with Crippen LogP contribution in [0, 0.1) is 0 Å². The van der Waals surface area contributed by atoms with E-state index in [4.69, 9.17) is 0 Å². The summed E-state index contributed by atoms with van der Waals surface area (Å²) in [6.45, 7) is 0. The molecule has 0 amide bonds. The molecule has 5 heteroatoms. The van der Waals surface area contributed by atoms with Crippen LogP contribution < -0.4 is 0 Å². The number of benzene rings is 1. The number of carbonyl (C=O) groups excluding carboxylic acids is 1. The van der Waals surface area contributed by atoms with Crippen LogP contribution in [0.15, 0.2) is 42.9 Å². The Bertz CT molecular complexity index is 674. The predicted molar refractivity (Wildman–Crippen MR) is 65.1 cm³/mol. The fraction of sp³-hybridized carbons (Fsp3) is 0. The Morgan fingerprint density at radius 2 is 2.12 bits per heavy atom. The van der Waals surface area contributed by atoms with Crippen molar-refractivity contribution in [3.8, 4) is 0 Å². The molecule has 82 valence electrons. The van der Waals surface area contributed by atoms with Crippen LogP contribution in [0.4, 0.5) is 0 Å². The van der Waals surface area contributed by atoms with Gasteiger partial charge in [0, 0.05) is 23.3 Å². The number of aromatic nitrogens is 3. The van der Waals surface area contributed by atoms with E-state index in [0.29, 0.717) is 11.3 Å². The first-order chi connectivity index (χ1) is 8.36. The molecule has 0 fully saturated rings. The molecule has 0 spiro atoms. The van der Waals surface area contributed by atoms with Gasteiger partial charge < -0.3 is 0 Å². The zero-order chi connectivity index (χ0) is 11.7. The molecule has 0 bridgehead atoms. The minimum absolute atomic E-state index is 0.114. The Balaban J connectivity index is 2.21. The van der Waals surface area contributed by atoms with Gasteiger partial charge in [-0.25, -0.2) is 0 Å². The third-order valence-electron chi connectivity index (χ3n) is 2.52. The summed E-state index contributed by atoms with van der Waals surface area (Å²) in [5.41, 5.74) is 0.995. The van der Waals surface area contributed by atoms with Gasteiger partial charge in [-0.3, -0.25) is 9.78 Å². The Morgan fingerprint density at radius 3 is 2.94 bits per heavy atom. The Morgan fingerprint density at radius 1 is 1.18 bits per heavy atom. The molecule has 17 heavy (non-hydrogen) atoms. The van der Waals surface area contributed by atoms with Crippen LogP contribution in [0.5, 0.6) is 0 Å². The summed E-state index contributed by atoms with van der Waals surface area (Å²) in [7, 11) is 0. The average Bonchev–Trinajstić information content (AvgIpc) is 2.91. The highest BCUT2D eigenvalue weighted by atomic mass is 32.1. The molecule has 0 saturated heterocycles. The first-order valence-electron chi connectivity index (χ1n) is 5.01. The molecule has 4 nitrogen and oxygen atoms in total. The maximum Gasteiger partial charge on any atom is 0.214 e. The summed E-state index contributed by atoms with van der Waals surface area (Å²) >= 11 is 1.03.